The second kappa shape index (κ2) is 4.47. The Morgan fingerprint density at radius 3 is 3.00 bits per heavy atom. The topological polar surface area (TPSA) is 130 Å². The lowest BCUT2D eigenvalue weighted by Crippen LogP contribution is -2.24. The minimum absolute atomic E-state index is 0.104. The third-order valence-corrected chi connectivity index (χ3v) is 2.54. The van der Waals surface area contributed by atoms with Gasteiger partial charge in [-0.3, -0.25) is 15.5 Å². The van der Waals surface area contributed by atoms with E-state index in [1.807, 2.05) is 0 Å². The van der Waals surface area contributed by atoms with Crippen molar-refractivity contribution < 1.29 is 10.0 Å². The quantitative estimate of drug-likeness (QED) is 0.357. The summed E-state index contributed by atoms with van der Waals surface area (Å²) < 4.78 is 0. The highest BCUT2D eigenvalue weighted by atomic mass is 16.6. The van der Waals surface area contributed by atoms with E-state index in [-0.39, 0.29) is 17.5 Å². The van der Waals surface area contributed by atoms with E-state index in [4.69, 9.17) is 5.84 Å². The number of hydrogen-bond donors (Lipinski definition) is 3. The number of hydrogen-bond acceptors (Lipinski definition) is 8. The first-order chi connectivity index (χ1) is 8.11. The summed E-state index contributed by atoms with van der Waals surface area (Å²) in [6.07, 6.45) is 1.17. The van der Waals surface area contributed by atoms with E-state index in [0.717, 1.165) is 6.20 Å². The van der Waals surface area contributed by atoms with Gasteiger partial charge in [0, 0.05) is 13.1 Å². The lowest BCUT2D eigenvalue weighted by molar-refractivity contribution is -0.384. The van der Waals surface area contributed by atoms with Gasteiger partial charge in [0.05, 0.1) is 11.0 Å². The van der Waals surface area contributed by atoms with Crippen molar-refractivity contribution in [3.8, 4) is 0 Å². The van der Waals surface area contributed by atoms with Crippen molar-refractivity contribution in [3.63, 3.8) is 0 Å². The average Bonchev–Trinajstić information content (AvgIpc) is 2.75. The minimum Gasteiger partial charge on any atom is -0.391 e. The Hall–Kier alpha value is -2.00. The van der Waals surface area contributed by atoms with Crippen molar-refractivity contribution in [1.29, 1.82) is 0 Å². The maximum absolute atomic E-state index is 10.8. The SMILES string of the molecule is NNc1ncc([N+](=O)[O-])c(N2CCC(O)C2)n1. The van der Waals surface area contributed by atoms with Gasteiger partial charge in [-0.1, -0.05) is 0 Å². The van der Waals surface area contributed by atoms with Crippen molar-refractivity contribution in [2.75, 3.05) is 23.4 Å². The first-order valence-corrected chi connectivity index (χ1v) is 5.03. The number of nitrogens with zero attached hydrogens (tertiary/aromatic N) is 4. The molecular weight excluding hydrogens is 228 g/mol. The number of β-amino-alcohol motifs (C(OH)–C–C–N with tert-alkyl or cyclic N) is 1. The Balaban J connectivity index is 2.38. The standard InChI is InChI=1S/C8H12N6O3/c9-12-8-10-3-6(14(16)17)7(11-8)13-2-1-5(15)4-13/h3,5,15H,1-2,4,9H2,(H,10,11,12). The molecule has 4 N–H and O–H groups in total. The molecule has 2 rings (SSSR count). The van der Waals surface area contributed by atoms with Crippen LogP contribution in [0.2, 0.25) is 0 Å². The van der Waals surface area contributed by atoms with Crippen LogP contribution in [0.25, 0.3) is 0 Å². The van der Waals surface area contributed by atoms with Gasteiger partial charge in [-0.25, -0.2) is 10.8 Å². The van der Waals surface area contributed by atoms with Gasteiger partial charge < -0.3 is 10.0 Å². The molecule has 92 valence electrons. The largest absolute Gasteiger partial charge is 0.391 e. The molecule has 1 aliphatic heterocycles. The zero-order valence-electron chi connectivity index (χ0n) is 8.91. The highest BCUT2D eigenvalue weighted by Gasteiger charge is 2.28. The smallest absolute Gasteiger partial charge is 0.329 e. The van der Waals surface area contributed by atoms with Gasteiger partial charge in [0.25, 0.3) is 0 Å². The van der Waals surface area contributed by atoms with Crippen molar-refractivity contribution in [3.05, 3.63) is 16.3 Å². The predicted octanol–water partition coefficient (Wildman–Crippen LogP) is -0.759. The number of nitrogen functional groups attached to an aromatic ring is 1. The fourth-order valence-electron chi connectivity index (χ4n) is 1.73. The lowest BCUT2D eigenvalue weighted by atomic mass is 10.3. The molecule has 1 atom stereocenters. The Morgan fingerprint density at radius 1 is 1.71 bits per heavy atom. The number of aliphatic hydroxyl groups excluding tert-OH is 1. The zero-order valence-corrected chi connectivity index (χ0v) is 8.91. The highest BCUT2D eigenvalue weighted by Crippen LogP contribution is 2.28. The Kier molecular flexibility index (Phi) is 3.02. The van der Waals surface area contributed by atoms with E-state index in [2.05, 4.69) is 15.4 Å². The summed E-state index contributed by atoms with van der Waals surface area (Å²) in [5.41, 5.74) is 2.04. The van der Waals surface area contributed by atoms with Crippen LogP contribution >= 0.6 is 0 Å². The van der Waals surface area contributed by atoms with Crippen LogP contribution in [0.15, 0.2) is 6.20 Å². The second-order valence-corrected chi connectivity index (χ2v) is 3.69. The van der Waals surface area contributed by atoms with Crippen molar-refractivity contribution >= 4 is 17.5 Å². The number of nitro groups is 1. The molecule has 9 nitrogen and oxygen atoms in total. The first-order valence-electron chi connectivity index (χ1n) is 5.03. The normalized spacial score (nSPS) is 19.4. The average molecular weight is 240 g/mol. The molecule has 1 saturated heterocycles. The van der Waals surface area contributed by atoms with E-state index in [9.17, 15) is 15.2 Å². The van der Waals surface area contributed by atoms with Crippen LogP contribution < -0.4 is 16.2 Å². The summed E-state index contributed by atoms with van der Waals surface area (Å²) in [5.74, 6) is 5.44. The van der Waals surface area contributed by atoms with E-state index in [1.165, 1.54) is 0 Å². The highest BCUT2D eigenvalue weighted by molar-refractivity contribution is 5.59. The van der Waals surface area contributed by atoms with Crippen LogP contribution in [0.1, 0.15) is 6.42 Å². The molecule has 1 aliphatic rings. The van der Waals surface area contributed by atoms with Gasteiger partial charge in [-0.2, -0.15) is 4.98 Å². The summed E-state index contributed by atoms with van der Waals surface area (Å²) in [6.45, 7) is 0.838. The van der Waals surface area contributed by atoms with Gasteiger partial charge >= 0.3 is 5.69 Å². The molecule has 0 amide bonds. The molecule has 1 unspecified atom stereocenters. The molecule has 1 aromatic rings. The molecule has 0 radical (unpaired) electrons. The van der Waals surface area contributed by atoms with Crippen LogP contribution in [0.3, 0.4) is 0 Å². The maximum atomic E-state index is 10.8. The van der Waals surface area contributed by atoms with Crippen LogP contribution in [0, 0.1) is 10.1 Å². The van der Waals surface area contributed by atoms with Crippen LogP contribution in [0.5, 0.6) is 0 Å². The van der Waals surface area contributed by atoms with Crippen molar-refractivity contribution in [1.82, 2.24) is 9.97 Å². The summed E-state index contributed by atoms with van der Waals surface area (Å²) >= 11 is 0. The zero-order chi connectivity index (χ0) is 12.4. The fourth-order valence-corrected chi connectivity index (χ4v) is 1.73. The van der Waals surface area contributed by atoms with Gasteiger partial charge in [-0.15, -0.1) is 0 Å². The van der Waals surface area contributed by atoms with Gasteiger partial charge in [0.2, 0.25) is 11.8 Å². The number of hydrazine groups is 1. The molecular formula is C8H12N6O3. The Bertz CT molecular complexity index is 439. The summed E-state index contributed by atoms with van der Waals surface area (Å²) in [6, 6.07) is 0. The summed E-state index contributed by atoms with van der Waals surface area (Å²) in [4.78, 5) is 19.6. The van der Waals surface area contributed by atoms with E-state index in [1.54, 1.807) is 4.90 Å². The van der Waals surface area contributed by atoms with Crippen molar-refractivity contribution in [2.24, 2.45) is 5.84 Å². The molecule has 0 aromatic carbocycles. The number of anilines is 2. The molecule has 9 heteroatoms. The van der Waals surface area contributed by atoms with Crippen LogP contribution in [-0.4, -0.2) is 39.2 Å². The minimum atomic E-state index is -0.555. The fraction of sp³-hybridized carbons (Fsp3) is 0.500. The maximum Gasteiger partial charge on any atom is 0.329 e. The molecule has 0 spiro atoms. The van der Waals surface area contributed by atoms with Gasteiger partial charge in [0.1, 0.15) is 6.20 Å². The Labute approximate surface area is 96.4 Å². The number of nitrogens with one attached hydrogen (secondary N) is 1. The first kappa shape index (κ1) is 11.5. The summed E-state index contributed by atoms with van der Waals surface area (Å²) in [5, 5.41) is 20.3. The molecule has 17 heavy (non-hydrogen) atoms. The van der Waals surface area contributed by atoms with Crippen LogP contribution in [0.4, 0.5) is 17.5 Å². The lowest BCUT2D eigenvalue weighted by Gasteiger charge is -2.16. The number of aromatic nitrogens is 2. The monoisotopic (exact) mass is 240 g/mol. The second-order valence-electron chi connectivity index (χ2n) is 3.69. The number of rotatable bonds is 3. The number of nitrogens with two attached hydrogens (primary N) is 1. The van der Waals surface area contributed by atoms with Crippen molar-refractivity contribution in [2.45, 2.75) is 12.5 Å². The Morgan fingerprint density at radius 2 is 2.47 bits per heavy atom. The molecule has 1 fully saturated rings. The van der Waals surface area contributed by atoms with Gasteiger partial charge in [-0.05, 0) is 6.42 Å². The third kappa shape index (κ3) is 2.24. The van der Waals surface area contributed by atoms with E-state index < -0.39 is 11.0 Å². The molecule has 2 heterocycles. The number of aliphatic hydroxyl groups is 1. The van der Waals surface area contributed by atoms with E-state index >= 15 is 0 Å². The molecule has 0 saturated carbocycles. The molecule has 0 bridgehead atoms. The summed E-state index contributed by atoms with van der Waals surface area (Å²) in [7, 11) is 0. The van der Waals surface area contributed by atoms with Crippen LogP contribution in [-0.2, 0) is 0 Å². The van der Waals surface area contributed by atoms with Gasteiger partial charge in [0.15, 0.2) is 0 Å². The molecule has 0 aliphatic carbocycles. The predicted molar refractivity (Wildman–Crippen MR) is 59.3 cm³/mol. The van der Waals surface area contributed by atoms with E-state index in [0.29, 0.717) is 19.5 Å². The molecule has 1 aromatic heterocycles. The third-order valence-electron chi connectivity index (χ3n) is 2.54.